The number of amides is 1. The van der Waals surface area contributed by atoms with Crippen molar-refractivity contribution in [3.8, 4) is 22.6 Å². The van der Waals surface area contributed by atoms with Crippen molar-refractivity contribution in [3.63, 3.8) is 0 Å². The highest BCUT2D eigenvalue weighted by Crippen LogP contribution is 2.51. The summed E-state index contributed by atoms with van der Waals surface area (Å²) in [7, 11) is 1.59. The molecule has 4 nitrogen and oxygen atoms in total. The van der Waals surface area contributed by atoms with E-state index >= 15 is 0 Å². The number of hydrogen-bond donors (Lipinski definition) is 2. The minimum absolute atomic E-state index is 0.0145. The summed E-state index contributed by atoms with van der Waals surface area (Å²) >= 11 is 0. The van der Waals surface area contributed by atoms with E-state index in [9.17, 15) is 9.90 Å². The van der Waals surface area contributed by atoms with Crippen molar-refractivity contribution in [2.24, 2.45) is 0 Å². The van der Waals surface area contributed by atoms with Gasteiger partial charge in [0, 0.05) is 12.6 Å². The maximum absolute atomic E-state index is 12.6. The van der Waals surface area contributed by atoms with Crippen LogP contribution in [-0.2, 0) is 12.0 Å². The fourth-order valence-corrected chi connectivity index (χ4v) is 3.90. The molecule has 1 heterocycles. The SMILES string of the molecule is CCCCCc1cc2c(c(O)c1C(=O)NC)-c1cc(C)ccc1C(C)(C)O2. The summed E-state index contributed by atoms with van der Waals surface area (Å²) in [4.78, 5) is 12.6. The summed E-state index contributed by atoms with van der Waals surface area (Å²) in [5, 5.41) is 13.8. The number of hydrogen-bond acceptors (Lipinski definition) is 3. The van der Waals surface area contributed by atoms with Gasteiger partial charge in [-0.25, -0.2) is 0 Å². The standard InChI is InChI=1S/C23H29NO3/c1-6-7-8-9-15-13-18-20(21(25)19(15)22(26)24-5)16-12-14(2)10-11-17(16)23(3,4)27-18/h10-13,25H,6-9H2,1-5H3,(H,24,26). The van der Waals surface area contributed by atoms with Gasteiger partial charge in [0.1, 0.15) is 17.1 Å². The van der Waals surface area contributed by atoms with Crippen LogP contribution in [0.3, 0.4) is 0 Å². The van der Waals surface area contributed by atoms with Crippen molar-refractivity contribution in [1.82, 2.24) is 5.32 Å². The van der Waals surface area contributed by atoms with Crippen LogP contribution in [0, 0.1) is 6.92 Å². The van der Waals surface area contributed by atoms with Gasteiger partial charge in [0.05, 0.1) is 11.1 Å². The third-order valence-corrected chi connectivity index (χ3v) is 5.31. The van der Waals surface area contributed by atoms with Crippen LogP contribution in [0.4, 0.5) is 0 Å². The van der Waals surface area contributed by atoms with Crippen molar-refractivity contribution >= 4 is 5.91 Å². The molecule has 0 radical (unpaired) electrons. The van der Waals surface area contributed by atoms with Crippen LogP contribution >= 0.6 is 0 Å². The van der Waals surface area contributed by atoms with E-state index in [4.69, 9.17) is 4.74 Å². The molecule has 0 saturated heterocycles. The van der Waals surface area contributed by atoms with Gasteiger partial charge < -0.3 is 15.2 Å². The molecule has 3 rings (SSSR count). The lowest BCUT2D eigenvalue weighted by molar-refractivity contribution is 0.0957. The summed E-state index contributed by atoms with van der Waals surface area (Å²) in [5.41, 5.74) is 4.37. The number of aryl methyl sites for hydroxylation is 2. The Hall–Kier alpha value is -2.49. The van der Waals surface area contributed by atoms with Gasteiger partial charge in [0.15, 0.2) is 0 Å². The van der Waals surface area contributed by atoms with E-state index in [1.807, 2.05) is 39.0 Å². The number of phenols is 1. The molecule has 144 valence electrons. The lowest BCUT2D eigenvalue weighted by atomic mass is 9.83. The number of unbranched alkanes of at least 4 members (excludes halogenated alkanes) is 2. The molecule has 2 N–H and O–H groups in total. The molecule has 0 unspecified atom stereocenters. The zero-order valence-corrected chi connectivity index (χ0v) is 16.9. The topological polar surface area (TPSA) is 58.6 Å². The fraction of sp³-hybridized carbons (Fsp3) is 0.435. The molecule has 2 aromatic rings. The largest absolute Gasteiger partial charge is 0.506 e. The molecule has 0 aliphatic carbocycles. The fourth-order valence-electron chi connectivity index (χ4n) is 3.90. The number of nitrogens with one attached hydrogen (secondary N) is 1. The molecular formula is C23H29NO3. The number of carbonyl (C=O) groups is 1. The van der Waals surface area contributed by atoms with Gasteiger partial charge in [0.25, 0.3) is 5.91 Å². The molecule has 0 saturated carbocycles. The second-order valence-corrected chi connectivity index (χ2v) is 7.83. The van der Waals surface area contributed by atoms with Gasteiger partial charge in [-0.3, -0.25) is 4.79 Å². The van der Waals surface area contributed by atoms with Gasteiger partial charge in [-0.2, -0.15) is 0 Å². The maximum Gasteiger partial charge on any atom is 0.255 e. The average molecular weight is 367 g/mol. The third kappa shape index (κ3) is 3.41. The van der Waals surface area contributed by atoms with Gasteiger partial charge in [-0.05, 0) is 50.8 Å². The number of aromatic hydroxyl groups is 1. The normalized spacial score (nSPS) is 14.1. The number of fused-ring (bicyclic) bond motifs is 3. The van der Waals surface area contributed by atoms with Crippen molar-refractivity contribution < 1.29 is 14.6 Å². The summed E-state index contributed by atoms with van der Waals surface area (Å²) in [6.07, 6.45) is 3.89. The maximum atomic E-state index is 12.6. The van der Waals surface area contributed by atoms with E-state index in [0.29, 0.717) is 16.9 Å². The Balaban J connectivity index is 2.25. The van der Waals surface area contributed by atoms with Crippen molar-refractivity contribution in [3.05, 3.63) is 46.5 Å². The van der Waals surface area contributed by atoms with Crippen LogP contribution in [-0.4, -0.2) is 18.1 Å². The first-order chi connectivity index (χ1) is 12.8. The lowest BCUT2D eigenvalue weighted by Crippen LogP contribution is -2.30. The van der Waals surface area contributed by atoms with E-state index in [1.54, 1.807) is 7.05 Å². The molecule has 0 atom stereocenters. The first-order valence-corrected chi connectivity index (χ1v) is 9.71. The summed E-state index contributed by atoms with van der Waals surface area (Å²) in [5.74, 6) is 0.399. The smallest absolute Gasteiger partial charge is 0.255 e. The first kappa shape index (κ1) is 19.3. The molecule has 4 heteroatoms. The van der Waals surface area contributed by atoms with E-state index in [-0.39, 0.29) is 11.7 Å². The van der Waals surface area contributed by atoms with E-state index < -0.39 is 5.60 Å². The van der Waals surface area contributed by atoms with Crippen LogP contribution < -0.4 is 10.1 Å². The molecule has 1 aliphatic rings. The molecule has 0 spiro atoms. The zero-order chi connectivity index (χ0) is 19.8. The minimum atomic E-state index is -0.502. The summed E-state index contributed by atoms with van der Waals surface area (Å²) in [6.45, 7) is 8.24. The monoisotopic (exact) mass is 367 g/mol. The van der Waals surface area contributed by atoms with Gasteiger partial charge in [-0.15, -0.1) is 0 Å². The third-order valence-electron chi connectivity index (χ3n) is 5.31. The van der Waals surface area contributed by atoms with Crippen LogP contribution in [0.5, 0.6) is 11.5 Å². The molecule has 2 aromatic carbocycles. The zero-order valence-electron chi connectivity index (χ0n) is 16.9. The van der Waals surface area contributed by atoms with Crippen molar-refractivity contribution in [2.45, 2.75) is 59.0 Å². The predicted molar refractivity (Wildman–Crippen MR) is 109 cm³/mol. The second-order valence-electron chi connectivity index (χ2n) is 7.83. The van der Waals surface area contributed by atoms with Crippen LogP contribution in [0.1, 0.15) is 67.1 Å². The summed E-state index contributed by atoms with van der Waals surface area (Å²) < 4.78 is 6.29. The highest BCUT2D eigenvalue weighted by Gasteiger charge is 2.36. The number of phenolic OH excluding ortho intramolecular Hbond substituents is 1. The Labute approximate surface area is 161 Å². The Bertz CT molecular complexity index is 884. The molecule has 0 aromatic heterocycles. The van der Waals surface area contributed by atoms with Crippen molar-refractivity contribution in [1.29, 1.82) is 0 Å². The molecule has 27 heavy (non-hydrogen) atoms. The van der Waals surface area contributed by atoms with Gasteiger partial charge >= 0.3 is 0 Å². The molecule has 0 bridgehead atoms. The molecule has 1 amide bonds. The van der Waals surface area contributed by atoms with E-state index in [2.05, 4.69) is 18.3 Å². The minimum Gasteiger partial charge on any atom is -0.506 e. The van der Waals surface area contributed by atoms with E-state index in [1.165, 1.54) is 0 Å². The number of rotatable bonds is 5. The highest BCUT2D eigenvalue weighted by atomic mass is 16.5. The predicted octanol–water partition coefficient (Wildman–Crippen LogP) is 5.09. The number of benzene rings is 2. The lowest BCUT2D eigenvalue weighted by Gasteiger charge is -2.36. The van der Waals surface area contributed by atoms with Gasteiger partial charge in [-0.1, -0.05) is 43.5 Å². The Morgan fingerprint density at radius 2 is 1.96 bits per heavy atom. The molecule has 1 aliphatic heterocycles. The number of carbonyl (C=O) groups excluding carboxylic acids is 1. The van der Waals surface area contributed by atoms with E-state index in [0.717, 1.165) is 47.9 Å². The van der Waals surface area contributed by atoms with Gasteiger partial charge in [0.2, 0.25) is 0 Å². The Kier molecular flexibility index (Phi) is 5.18. The van der Waals surface area contributed by atoms with Crippen LogP contribution in [0.2, 0.25) is 0 Å². The first-order valence-electron chi connectivity index (χ1n) is 9.71. The summed E-state index contributed by atoms with van der Waals surface area (Å²) in [6, 6.07) is 8.09. The average Bonchev–Trinajstić information content (AvgIpc) is 2.60. The Morgan fingerprint density at radius 1 is 1.22 bits per heavy atom. The quantitative estimate of drug-likeness (QED) is 0.724. The van der Waals surface area contributed by atoms with Crippen LogP contribution in [0.15, 0.2) is 24.3 Å². The number of ether oxygens (including phenoxy) is 1. The molecule has 0 fully saturated rings. The van der Waals surface area contributed by atoms with Crippen LogP contribution in [0.25, 0.3) is 11.1 Å². The second kappa shape index (κ2) is 7.26. The Morgan fingerprint density at radius 3 is 2.63 bits per heavy atom. The molecular weight excluding hydrogens is 338 g/mol. The van der Waals surface area contributed by atoms with Crippen molar-refractivity contribution in [2.75, 3.05) is 7.05 Å². The highest BCUT2D eigenvalue weighted by molar-refractivity contribution is 6.02.